The van der Waals surface area contributed by atoms with E-state index in [0.29, 0.717) is 0 Å². The minimum absolute atomic E-state index is 0.248. The molecule has 1 aliphatic rings. The van der Waals surface area contributed by atoms with Crippen LogP contribution in [0.5, 0.6) is 0 Å². The van der Waals surface area contributed by atoms with E-state index in [9.17, 15) is 0 Å². The smallest absolute Gasteiger partial charge is 0.0250 e. The summed E-state index contributed by atoms with van der Waals surface area (Å²) in [4.78, 5) is 0. The first-order chi connectivity index (χ1) is 5.20. The first-order valence-corrected chi connectivity index (χ1v) is 4.61. The van der Waals surface area contributed by atoms with Gasteiger partial charge in [-0.25, -0.2) is 0 Å². The molecule has 0 aromatic carbocycles. The Bertz CT molecular complexity index is 134. The average molecular weight is 153 g/mol. The SMILES string of the molecule is C=C(C)C(N)CC1CCCC1. The van der Waals surface area contributed by atoms with E-state index in [1.54, 1.807) is 0 Å². The molecule has 0 spiro atoms. The lowest BCUT2D eigenvalue weighted by Gasteiger charge is -2.15. The molecule has 0 bridgehead atoms. The quantitative estimate of drug-likeness (QED) is 0.619. The molecule has 1 fully saturated rings. The predicted molar refractivity (Wildman–Crippen MR) is 49.4 cm³/mol. The molecule has 0 aliphatic heterocycles. The number of hydrogen-bond donors (Lipinski definition) is 1. The van der Waals surface area contributed by atoms with Gasteiger partial charge in [-0.1, -0.05) is 37.8 Å². The zero-order chi connectivity index (χ0) is 8.27. The van der Waals surface area contributed by atoms with E-state index < -0.39 is 0 Å². The van der Waals surface area contributed by atoms with Crippen molar-refractivity contribution in [2.75, 3.05) is 0 Å². The van der Waals surface area contributed by atoms with Crippen molar-refractivity contribution in [2.45, 2.75) is 45.1 Å². The zero-order valence-corrected chi connectivity index (χ0v) is 7.47. The Morgan fingerprint density at radius 3 is 2.55 bits per heavy atom. The minimum atomic E-state index is 0.248. The highest BCUT2D eigenvalue weighted by atomic mass is 14.6. The summed E-state index contributed by atoms with van der Waals surface area (Å²) in [6.07, 6.45) is 6.76. The van der Waals surface area contributed by atoms with Gasteiger partial charge in [0.25, 0.3) is 0 Å². The van der Waals surface area contributed by atoms with Gasteiger partial charge in [-0.3, -0.25) is 0 Å². The molecular formula is C10H19N. The number of hydrogen-bond acceptors (Lipinski definition) is 1. The summed E-state index contributed by atoms with van der Waals surface area (Å²) in [5.74, 6) is 0.890. The van der Waals surface area contributed by atoms with Gasteiger partial charge < -0.3 is 5.73 Å². The zero-order valence-electron chi connectivity index (χ0n) is 7.47. The average Bonchev–Trinajstić information content (AvgIpc) is 2.39. The third-order valence-corrected chi connectivity index (χ3v) is 2.69. The fraction of sp³-hybridized carbons (Fsp3) is 0.800. The third kappa shape index (κ3) is 2.66. The normalized spacial score (nSPS) is 22.0. The van der Waals surface area contributed by atoms with Crippen LogP contribution in [0, 0.1) is 5.92 Å². The van der Waals surface area contributed by atoms with Crippen LogP contribution in [-0.2, 0) is 0 Å². The summed E-state index contributed by atoms with van der Waals surface area (Å²) < 4.78 is 0. The molecule has 0 aromatic rings. The van der Waals surface area contributed by atoms with Crippen molar-refractivity contribution >= 4 is 0 Å². The Morgan fingerprint density at radius 2 is 2.09 bits per heavy atom. The van der Waals surface area contributed by atoms with E-state index in [1.807, 2.05) is 6.92 Å². The minimum Gasteiger partial charge on any atom is -0.324 e. The van der Waals surface area contributed by atoms with Gasteiger partial charge in [0.15, 0.2) is 0 Å². The van der Waals surface area contributed by atoms with Crippen molar-refractivity contribution in [2.24, 2.45) is 11.7 Å². The predicted octanol–water partition coefficient (Wildman–Crippen LogP) is 2.47. The highest BCUT2D eigenvalue weighted by Crippen LogP contribution is 2.28. The fourth-order valence-electron chi connectivity index (χ4n) is 1.81. The molecule has 2 N–H and O–H groups in total. The molecule has 11 heavy (non-hydrogen) atoms. The molecule has 0 radical (unpaired) electrons. The van der Waals surface area contributed by atoms with Gasteiger partial charge in [-0.2, -0.15) is 0 Å². The molecule has 1 heteroatoms. The van der Waals surface area contributed by atoms with Crippen LogP contribution in [-0.4, -0.2) is 6.04 Å². The lowest BCUT2D eigenvalue weighted by molar-refractivity contribution is 0.468. The molecule has 0 aromatic heterocycles. The molecule has 1 rings (SSSR count). The lowest BCUT2D eigenvalue weighted by atomic mass is 9.96. The molecule has 64 valence electrons. The monoisotopic (exact) mass is 153 g/mol. The molecule has 1 aliphatic carbocycles. The molecule has 1 saturated carbocycles. The van der Waals surface area contributed by atoms with Gasteiger partial charge in [0, 0.05) is 6.04 Å². The highest BCUT2D eigenvalue weighted by Gasteiger charge is 2.17. The van der Waals surface area contributed by atoms with E-state index in [4.69, 9.17) is 5.73 Å². The van der Waals surface area contributed by atoms with Crippen LogP contribution >= 0.6 is 0 Å². The van der Waals surface area contributed by atoms with Crippen LogP contribution in [0.3, 0.4) is 0 Å². The van der Waals surface area contributed by atoms with Crippen molar-refractivity contribution in [3.05, 3.63) is 12.2 Å². The number of rotatable bonds is 3. The van der Waals surface area contributed by atoms with Gasteiger partial charge >= 0.3 is 0 Å². The van der Waals surface area contributed by atoms with Crippen LogP contribution in [0.4, 0.5) is 0 Å². The van der Waals surface area contributed by atoms with E-state index in [1.165, 1.54) is 25.7 Å². The van der Waals surface area contributed by atoms with Crippen molar-refractivity contribution in [1.29, 1.82) is 0 Å². The second kappa shape index (κ2) is 3.91. The summed E-state index contributed by atoms with van der Waals surface area (Å²) in [7, 11) is 0. The molecule has 0 saturated heterocycles. The fourth-order valence-corrected chi connectivity index (χ4v) is 1.81. The van der Waals surface area contributed by atoms with Gasteiger partial charge in [0.2, 0.25) is 0 Å². The lowest BCUT2D eigenvalue weighted by Crippen LogP contribution is -2.23. The number of nitrogens with two attached hydrogens (primary N) is 1. The van der Waals surface area contributed by atoms with Crippen molar-refractivity contribution in [3.8, 4) is 0 Å². The van der Waals surface area contributed by atoms with Crippen molar-refractivity contribution in [1.82, 2.24) is 0 Å². The van der Waals surface area contributed by atoms with Crippen LogP contribution < -0.4 is 5.73 Å². The summed E-state index contributed by atoms with van der Waals surface area (Å²) in [6, 6.07) is 0.248. The Morgan fingerprint density at radius 1 is 1.55 bits per heavy atom. The van der Waals surface area contributed by atoms with E-state index >= 15 is 0 Å². The summed E-state index contributed by atoms with van der Waals surface area (Å²) in [5, 5.41) is 0. The molecule has 0 amide bonds. The largest absolute Gasteiger partial charge is 0.324 e. The molecule has 1 atom stereocenters. The maximum absolute atomic E-state index is 5.90. The topological polar surface area (TPSA) is 26.0 Å². The molecule has 1 unspecified atom stereocenters. The van der Waals surface area contributed by atoms with E-state index in [0.717, 1.165) is 17.9 Å². The third-order valence-electron chi connectivity index (χ3n) is 2.69. The van der Waals surface area contributed by atoms with E-state index in [2.05, 4.69) is 6.58 Å². The second-order valence-electron chi connectivity index (χ2n) is 3.84. The molecule has 1 nitrogen and oxygen atoms in total. The van der Waals surface area contributed by atoms with Crippen molar-refractivity contribution < 1.29 is 0 Å². The van der Waals surface area contributed by atoms with Crippen molar-refractivity contribution in [3.63, 3.8) is 0 Å². The summed E-state index contributed by atoms with van der Waals surface area (Å²) in [6.45, 7) is 5.90. The van der Waals surface area contributed by atoms with Crippen LogP contribution in [0.15, 0.2) is 12.2 Å². The van der Waals surface area contributed by atoms with Gasteiger partial charge in [0.1, 0.15) is 0 Å². The summed E-state index contributed by atoms with van der Waals surface area (Å²) >= 11 is 0. The second-order valence-corrected chi connectivity index (χ2v) is 3.84. The van der Waals surface area contributed by atoms with Gasteiger partial charge in [-0.15, -0.1) is 0 Å². The van der Waals surface area contributed by atoms with Gasteiger partial charge in [-0.05, 0) is 19.3 Å². The Labute approximate surface area is 69.7 Å². The summed E-state index contributed by atoms with van der Waals surface area (Å²) in [5.41, 5.74) is 7.03. The van der Waals surface area contributed by atoms with Crippen LogP contribution in [0.1, 0.15) is 39.0 Å². The maximum atomic E-state index is 5.90. The first kappa shape index (κ1) is 8.79. The van der Waals surface area contributed by atoms with Gasteiger partial charge in [0.05, 0.1) is 0 Å². The Hall–Kier alpha value is -0.300. The van der Waals surface area contributed by atoms with Crippen LogP contribution in [0.2, 0.25) is 0 Å². The Kier molecular flexibility index (Phi) is 3.13. The van der Waals surface area contributed by atoms with Crippen LogP contribution in [0.25, 0.3) is 0 Å². The standard InChI is InChI=1S/C10H19N/c1-8(2)10(11)7-9-5-3-4-6-9/h9-10H,1,3-7,11H2,2H3. The molecule has 0 heterocycles. The molecular weight excluding hydrogens is 134 g/mol. The first-order valence-electron chi connectivity index (χ1n) is 4.61. The Balaban J connectivity index is 2.23. The maximum Gasteiger partial charge on any atom is 0.0250 e. The van der Waals surface area contributed by atoms with E-state index in [-0.39, 0.29) is 6.04 Å². The highest BCUT2D eigenvalue weighted by molar-refractivity contribution is 5.00.